The van der Waals surface area contributed by atoms with Crippen LogP contribution in [0.25, 0.3) is 0 Å². The summed E-state index contributed by atoms with van der Waals surface area (Å²) >= 11 is 0. The van der Waals surface area contributed by atoms with E-state index in [0.717, 1.165) is 13.0 Å². The van der Waals surface area contributed by atoms with Crippen molar-refractivity contribution in [2.75, 3.05) is 13.1 Å². The fraction of sp³-hybridized carbons (Fsp3) is 0.917. The van der Waals surface area contributed by atoms with Crippen molar-refractivity contribution in [2.45, 2.75) is 46.6 Å². The summed E-state index contributed by atoms with van der Waals surface area (Å²) in [4.78, 5) is 13.5. The van der Waals surface area contributed by atoms with Gasteiger partial charge in [0.15, 0.2) is 0 Å². The third-order valence-corrected chi connectivity index (χ3v) is 3.62. The maximum atomic E-state index is 11.2. The number of aliphatic carboxylic acids is 1. The molecule has 3 nitrogen and oxygen atoms in total. The maximum Gasteiger partial charge on any atom is 0.308 e. The highest BCUT2D eigenvalue weighted by atomic mass is 16.4. The van der Waals surface area contributed by atoms with Gasteiger partial charge in [-0.1, -0.05) is 13.8 Å². The van der Waals surface area contributed by atoms with Crippen molar-refractivity contribution in [1.82, 2.24) is 4.90 Å². The number of piperidine rings is 1. The molecule has 0 aromatic carbocycles. The number of nitrogens with zero attached hydrogens (tertiary/aromatic N) is 1. The lowest BCUT2D eigenvalue weighted by Crippen LogP contribution is -2.54. The maximum absolute atomic E-state index is 11.2. The Bertz CT molecular complexity index is 253. The normalized spacial score (nSPS) is 27.7. The van der Waals surface area contributed by atoms with Gasteiger partial charge in [0, 0.05) is 12.1 Å². The molecule has 0 bridgehead atoms. The van der Waals surface area contributed by atoms with Gasteiger partial charge in [0.1, 0.15) is 0 Å². The predicted octanol–water partition coefficient (Wildman–Crippen LogP) is 2.22. The molecule has 1 atom stereocenters. The monoisotopic (exact) mass is 213 g/mol. The molecule has 0 aromatic heterocycles. The first-order valence-corrected chi connectivity index (χ1v) is 5.62. The van der Waals surface area contributed by atoms with Gasteiger partial charge in [-0.05, 0) is 39.2 Å². The number of carboxylic acids is 1. The Labute approximate surface area is 92.5 Å². The average molecular weight is 213 g/mol. The van der Waals surface area contributed by atoms with Crippen LogP contribution in [0.2, 0.25) is 0 Å². The fourth-order valence-electron chi connectivity index (χ4n) is 2.18. The topological polar surface area (TPSA) is 40.5 Å². The Morgan fingerprint density at radius 2 is 1.93 bits per heavy atom. The van der Waals surface area contributed by atoms with Crippen LogP contribution in [0.4, 0.5) is 0 Å². The van der Waals surface area contributed by atoms with Crippen LogP contribution < -0.4 is 0 Å². The predicted molar refractivity (Wildman–Crippen MR) is 60.8 cm³/mol. The highest BCUT2D eigenvalue weighted by Crippen LogP contribution is 2.37. The molecule has 1 aliphatic heterocycles. The van der Waals surface area contributed by atoms with Gasteiger partial charge in [0.2, 0.25) is 0 Å². The molecule has 15 heavy (non-hydrogen) atoms. The zero-order valence-corrected chi connectivity index (χ0v) is 10.5. The van der Waals surface area contributed by atoms with Gasteiger partial charge >= 0.3 is 5.97 Å². The van der Waals surface area contributed by atoms with Crippen LogP contribution in [0.5, 0.6) is 0 Å². The minimum absolute atomic E-state index is 0.0736. The van der Waals surface area contributed by atoms with Crippen molar-refractivity contribution in [3.05, 3.63) is 0 Å². The van der Waals surface area contributed by atoms with Gasteiger partial charge in [0.25, 0.3) is 0 Å². The Hall–Kier alpha value is -0.570. The largest absolute Gasteiger partial charge is 0.481 e. The lowest BCUT2D eigenvalue weighted by atomic mass is 9.72. The van der Waals surface area contributed by atoms with Crippen LogP contribution in [0.3, 0.4) is 0 Å². The van der Waals surface area contributed by atoms with E-state index in [4.69, 9.17) is 0 Å². The van der Waals surface area contributed by atoms with Gasteiger partial charge in [-0.15, -0.1) is 0 Å². The number of hydrogen-bond donors (Lipinski definition) is 1. The van der Waals surface area contributed by atoms with E-state index >= 15 is 0 Å². The molecule has 0 aliphatic carbocycles. The van der Waals surface area contributed by atoms with Crippen molar-refractivity contribution < 1.29 is 9.90 Å². The lowest BCUT2D eigenvalue weighted by molar-refractivity contribution is -0.150. The number of carboxylic acid groups (broad SMARTS) is 1. The summed E-state index contributed by atoms with van der Waals surface area (Å²) in [5.41, 5.74) is -0.00220. The second-order valence-electron chi connectivity index (χ2n) is 6.25. The summed E-state index contributed by atoms with van der Waals surface area (Å²) in [5.74, 6) is -0.903. The quantitative estimate of drug-likeness (QED) is 0.726. The standard InChI is InChI=1S/C12H23NO2/c1-11(2,3)13-7-6-12(4,5)9(8-13)10(14)15/h9H,6-8H2,1-5H3,(H,14,15). The number of hydrogen-bond acceptors (Lipinski definition) is 2. The summed E-state index contributed by atoms with van der Waals surface area (Å²) < 4.78 is 0. The third kappa shape index (κ3) is 2.71. The van der Waals surface area contributed by atoms with Crippen LogP contribution in [0.15, 0.2) is 0 Å². The molecule has 1 rings (SSSR count). The number of likely N-dealkylation sites (tertiary alicyclic amines) is 1. The van der Waals surface area contributed by atoms with Crippen LogP contribution in [0.1, 0.15) is 41.0 Å². The van der Waals surface area contributed by atoms with Gasteiger partial charge in [-0.25, -0.2) is 0 Å². The van der Waals surface area contributed by atoms with E-state index in [1.807, 2.05) is 0 Å². The summed E-state index contributed by atoms with van der Waals surface area (Å²) in [5, 5.41) is 9.23. The molecule has 1 saturated heterocycles. The van der Waals surface area contributed by atoms with Gasteiger partial charge in [-0.2, -0.15) is 0 Å². The zero-order valence-electron chi connectivity index (χ0n) is 10.5. The molecule has 3 heteroatoms. The third-order valence-electron chi connectivity index (χ3n) is 3.62. The molecule has 1 unspecified atom stereocenters. The average Bonchev–Trinajstić information content (AvgIpc) is 2.00. The van der Waals surface area contributed by atoms with Crippen molar-refractivity contribution >= 4 is 5.97 Å². The molecule has 0 saturated carbocycles. The van der Waals surface area contributed by atoms with Crippen LogP contribution in [-0.2, 0) is 4.79 Å². The highest BCUT2D eigenvalue weighted by molar-refractivity contribution is 5.71. The molecule has 1 aliphatic rings. The smallest absolute Gasteiger partial charge is 0.308 e. The minimum Gasteiger partial charge on any atom is -0.481 e. The van der Waals surface area contributed by atoms with Gasteiger partial charge in [-0.3, -0.25) is 9.69 Å². The van der Waals surface area contributed by atoms with Crippen LogP contribution in [-0.4, -0.2) is 34.6 Å². The Balaban J connectivity index is 2.80. The first kappa shape index (κ1) is 12.5. The molecule has 0 spiro atoms. The summed E-state index contributed by atoms with van der Waals surface area (Å²) in [7, 11) is 0. The number of carbonyl (C=O) groups is 1. The SMILES string of the molecule is CC1(C)CCN(C(C)(C)C)CC1C(=O)O. The molecular formula is C12H23NO2. The van der Waals surface area contributed by atoms with Gasteiger partial charge in [0.05, 0.1) is 5.92 Å². The molecular weight excluding hydrogens is 190 g/mol. The highest BCUT2D eigenvalue weighted by Gasteiger charge is 2.42. The summed E-state index contributed by atoms with van der Waals surface area (Å²) in [6.07, 6.45) is 0.960. The second kappa shape index (κ2) is 3.78. The molecule has 1 heterocycles. The van der Waals surface area contributed by atoms with Crippen molar-refractivity contribution in [3.63, 3.8) is 0 Å². The molecule has 0 radical (unpaired) electrons. The number of rotatable bonds is 1. The Morgan fingerprint density at radius 3 is 2.33 bits per heavy atom. The lowest BCUT2D eigenvalue weighted by Gasteiger charge is -2.47. The van der Waals surface area contributed by atoms with E-state index in [0.29, 0.717) is 6.54 Å². The first-order valence-electron chi connectivity index (χ1n) is 5.62. The summed E-state index contributed by atoms with van der Waals surface area (Å²) in [6, 6.07) is 0. The van der Waals surface area contributed by atoms with E-state index < -0.39 is 5.97 Å². The van der Waals surface area contributed by atoms with Crippen LogP contribution in [0, 0.1) is 11.3 Å². The zero-order chi connectivity index (χ0) is 11.9. The van der Waals surface area contributed by atoms with E-state index in [9.17, 15) is 9.90 Å². The molecule has 0 amide bonds. The molecule has 0 aromatic rings. The van der Waals surface area contributed by atoms with Crippen molar-refractivity contribution in [2.24, 2.45) is 11.3 Å². The second-order valence-corrected chi connectivity index (χ2v) is 6.25. The summed E-state index contributed by atoms with van der Waals surface area (Å²) in [6.45, 7) is 12.2. The molecule has 88 valence electrons. The van der Waals surface area contributed by atoms with Crippen molar-refractivity contribution in [1.29, 1.82) is 0 Å². The van der Waals surface area contributed by atoms with E-state index in [2.05, 4.69) is 39.5 Å². The molecule has 1 fully saturated rings. The fourth-order valence-corrected chi connectivity index (χ4v) is 2.18. The molecule has 1 N–H and O–H groups in total. The van der Waals surface area contributed by atoms with E-state index in [1.54, 1.807) is 0 Å². The Morgan fingerprint density at radius 1 is 1.40 bits per heavy atom. The van der Waals surface area contributed by atoms with E-state index in [-0.39, 0.29) is 16.9 Å². The Kier molecular flexibility index (Phi) is 3.15. The van der Waals surface area contributed by atoms with Gasteiger partial charge < -0.3 is 5.11 Å². The van der Waals surface area contributed by atoms with Crippen LogP contribution >= 0.6 is 0 Å². The first-order chi connectivity index (χ1) is 6.64. The minimum atomic E-state index is -0.658. The van der Waals surface area contributed by atoms with Crippen molar-refractivity contribution in [3.8, 4) is 0 Å². The van der Waals surface area contributed by atoms with E-state index in [1.165, 1.54) is 0 Å².